The van der Waals surface area contributed by atoms with Crippen molar-refractivity contribution in [1.29, 1.82) is 0 Å². The van der Waals surface area contributed by atoms with E-state index in [1.54, 1.807) is 11.0 Å². The van der Waals surface area contributed by atoms with Gasteiger partial charge >= 0.3 is 18.2 Å². The van der Waals surface area contributed by atoms with E-state index in [1.165, 1.54) is 30.5 Å². The lowest BCUT2D eigenvalue weighted by molar-refractivity contribution is -0.137. The summed E-state index contributed by atoms with van der Waals surface area (Å²) in [5, 5.41) is 11.7. The molecule has 2 aliphatic rings. The van der Waals surface area contributed by atoms with Crippen molar-refractivity contribution in [1.82, 2.24) is 9.88 Å². The molecule has 2 aromatic rings. The Morgan fingerprint density at radius 3 is 2.60 bits per heavy atom. The number of pyridine rings is 1. The van der Waals surface area contributed by atoms with Crippen molar-refractivity contribution in [2.24, 2.45) is 11.8 Å². The van der Waals surface area contributed by atoms with E-state index in [0.29, 0.717) is 25.1 Å². The van der Waals surface area contributed by atoms with Gasteiger partial charge in [0.05, 0.1) is 5.56 Å². The van der Waals surface area contributed by atoms with E-state index in [9.17, 15) is 27.9 Å². The van der Waals surface area contributed by atoms with Gasteiger partial charge in [0.2, 0.25) is 0 Å². The molecule has 156 valence electrons. The van der Waals surface area contributed by atoms with Crippen LogP contribution in [0.2, 0.25) is 0 Å². The van der Waals surface area contributed by atoms with Crippen LogP contribution in [0.4, 0.5) is 23.8 Å². The number of rotatable bonds is 3. The third-order valence-corrected chi connectivity index (χ3v) is 5.52. The molecular formula is C21H18F3N3O3. The Kier molecular flexibility index (Phi) is 4.97. The summed E-state index contributed by atoms with van der Waals surface area (Å²) >= 11 is 0. The summed E-state index contributed by atoms with van der Waals surface area (Å²) in [5.41, 5.74) is 0.0733. The van der Waals surface area contributed by atoms with Crippen molar-refractivity contribution in [3.8, 4) is 0 Å². The molecule has 0 radical (unpaired) electrons. The number of aromatic nitrogens is 1. The SMILES string of the molecule is O=C(O)c1cccnc1NC(=O)N1CC2C=C(c3ccccc3C(F)(F)F)CC2C1. The number of allylic oxidation sites excluding steroid dienone is 1. The molecule has 4 rings (SSSR count). The summed E-state index contributed by atoms with van der Waals surface area (Å²) in [6.07, 6.45) is -0.767. The summed E-state index contributed by atoms with van der Waals surface area (Å²) in [4.78, 5) is 29.3. The molecule has 1 aromatic heterocycles. The number of benzene rings is 1. The molecule has 1 aliphatic heterocycles. The minimum atomic E-state index is -4.43. The number of halogens is 3. The highest BCUT2D eigenvalue weighted by Gasteiger charge is 2.41. The van der Waals surface area contributed by atoms with Gasteiger partial charge in [0.1, 0.15) is 11.4 Å². The lowest BCUT2D eigenvalue weighted by Crippen LogP contribution is -2.34. The largest absolute Gasteiger partial charge is 0.478 e. The number of amides is 2. The highest BCUT2D eigenvalue weighted by molar-refractivity contribution is 5.98. The molecule has 2 atom stereocenters. The Hall–Kier alpha value is -3.36. The molecule has 30 heavy (non-hydrogen) atoms. The van der Waals surface area contributed by atoms with E-state index >= 15 is 0 Å². The van der Waals surface area contributed by atoms with Crippen LogP contribution < -0.4 is 5.32 Å². The molecule has 1 fully saturated rings. The zero-order valence-electron chi connectivity index (χ0n) is 15.7. The summed E-state index contributed by atoms with van der Waals surface area (Å²) in [6, 6.07) is 7.85. The molecule has 1 saturated heterocycles. The molecule has 0 bridgehead atoms. The standard InChI is InChI=1S/C21H18F3N3O3/c22-21(23,24)17-6-2-1-4-15(17)12-8-13-10-27(11-14(13)9-12)20(30)26-18-16(19(28)29)5-3-7-25-18/h1-8,13-14H,9-11H2,(H,28,29)(H,25,26,30). The average molecular weight is 417 g/mol. The number of alkyl halides is 3. The van der Waals surface area contributed by atoms with Gasteiger partial charge in [-0.3, -0.25) is 5.32 Å². The first-order valence-corrected chi connectivity index (χ1v) is 9.35. The lowest BCUT2D eigenvalue weighted by Gasteiger charge is -2.19. The second-order valence-corrected chi connectivity index (χ2v) is 7.40. The van der Waals surface area contributed by atoms with E-state index in [2.05, 4.69) is 10.3 Å². The molecule has 1 aliphatic carbocycles. The number of nitrogens with zero attached hydrogens (tertiary/aromatic N) is 2. The first-order chi connectivity index (χ1) is 14.2. The average Bonchev–Trinajstić information content (AvgIpc) is 3.27. The third-order valence-electron chi connectivity index (χ3n) is 5.52. The van der Waals surface area contributed by atoms with Gasteiger partial charge < -0.3 is 10.0 Å². The fraction of sp³-hybridized carbons (Fsp3) is 0.286. The number of carboxylic acids is 1. The van der Waals surface area contributed by atoms with Gasteiger partial charge in [0, 0.05) is 19.3 Å². The Labute approximate surface area is 170 Å². The number of fused-ring (bicyclic) bond motifs is 1. The van der Waals surface area contributed by atoms with Crippen molar-refractivity contribution in [2.45, 2.75) is 12.6 Å². The molecule has 0 saturated carbocycles. The smallest absolute Gasteiger partial charge is 0.416 e. The van der Waals surface area contributed by atoms with Crippen molar-refractivity contribution in [3.63, 3.8) is 0 Å². The van der Waals surface area contributed by atoms with Crippen LogP contribution in [-0.4, -0.2) is 40.1 Å². The Morgan fingerprint density at radius 2 is 1.90 bits per heavy atom. The fourth-order valence-corrected chi connectivity index (χ4v) is 4.14. The zero-order chi connectivity index (χ0) is 21.5. The van der Waals surface area contributed by atoms with Gasteiger partial charge in [-0.25, -0.2) is 14.6 Å². The quantitative estimate of drug-likeness (QED) is 0.777. The molecule has 1 aromatic carbocycles. The van der Waals surface area contributed by atoms with Crippen LogP contribution in [0.15, 0.2) is 48.7 Å². The molecular weight excluding hydrogens is 399 g/mol. The van der Waals surface area contributed by atoms with E-state index in [1.807, 2.05) is 6.08 Å². The number of carboxylic acid groups (broad SMARTS) is 1. The monoisotopic (exact) mass is 417 g/mol. The summed E-state index contributed by atoms with van der Waals surface area (Å²) in [5.74, 6) is -1.26. The number of likely N-dealkylation sites (tertiary alicyclic amines) is 1. The number of hydrogen-bond donors (Lipinski definition) is 2. The number of carbonyl (C=O) groups is 2. The highest BCUT2D eigenvalue weighted by atomic mass is 19.4. The normalized spacial score (nSPS) is 20.6. The van der Waals surface area contributed by atoms with Crippen molar-refractivity contribution >= 4 is 23.4 Å². The van der Waals surface area contributed by atoms with Crippen molar-refractivity contribution in [2.75, 3.05) is 18.4 Å². The molecule has 9 heteroatoms. The summed E-state index contributed by atoms with van der Waals surface area (Å²) in [6.45, 7) is 0.726. The first-order valence-electron chi connectivity index (χ1n) is 9.35. The number of carbonyl (C=O) groups excluding carboxylic acids is 1. The van der Waals surface area contributed by atoms with Gasteiger partial charge in [-0.15, -0.1) is 0 Å². The number of hydrogen-bond acceptors (Lipinski definition) is 3. The van der Waals surface area contributed by atoms with Crippen molar-refractivity contribution in [3.05, 3.63) is 65.4 Å². The number of nitrogens with one attached hydrogen (secondary N) is 1. The summed E-state index contributed by atoms with van der Waals surface area (Å²) < 4.78 is 40.0. The predicted molar refractivity (Wildman–Crippen MR) is 103 cm³/mol. The maximum atomic E-state index is 13.3. The first kappa shape index (κ1) is 19.9. The van der Waals surface area contributed by atoms with E-state index < -0.39 is 23.7 Å². The Bertz CT molecular complexity index is 1040. The Morgan fingerprint density at radius 1 is 1.13 bits per heavy atom. The van der Waals surface area contributed by atoms with Crippen molar-refractivity contribution < 1.29 is 27.9 Å². The van der Waals surface area contributed by atoms with E-state index in [0.717, 1.165) is 6.07 Å². The van der Waals surface area contributed by atoms with Crippen LogP contribution in [0, 0.1) is 11.8 Å². The topological polar surface area (TPSA) is 82.5 Å². The van der Waals surface area contributed by atoms with Gasteiger partial charge in [-0.05, 0) is 47.6 Å². The van der Waals surface area contributed by atoms with Crippen LogP contribution in [0.3, 0.4) is 0 Å². The molecule has 2 amide bonds. The minimum Gasteiger partial charge on any atom is -0.478 e. The molecule has 2 heterocycles. The van der Waals surface area contributed by atoms with Crippen LogP contribution >= 0.6 is 0 Å². The van der Waals surface area contributed by atoms with Gasteiger partial charge in [-0.2, -0.15) is 13.2 Å². The molecule has 6 nitrogen and oxygen atoms in total. The van der Waals surface area contributed by atoms with Gasteiger partial charge in [0.15, 0.2) is 0 Å². The van der Waals surface area contributed by atoms with Gasteiger partial charge in [-0.1, -0.05) is 24.3 Å². The third kappa shape index (κ3) is 3.74. The van der Waals surface area contributed by atoms with Crippen LogP contribution in [0.25, 0.3) is 5.57 Å². The minimum absolute atomic E-state index is 0.0229. The lowest BCUT2D eigenvalue weighted by atomic mass is 9.96. The highest BCUT2D eigenvalue weighted by Crippen LogP contribution is 2.44. The maximum absolute atomic E-state index is 13.3. The van der Waals surface area contributed by atoms with Gasteiger partial charge in [0.25, 0.3) is 0 Å². The number of aromatic carboxylic acids is 1. The molecule has 2 N–H and O–H groups in total. The van der Waals surface area contributed by atoms with Crippen LogP contribution in [0.1, 0.15) is 27.9 Å². The molecule has 2 unspecified atom stereocenters. The fourth-order valence-electron chi connectivity index (χ4n) is 4.14. The van der Waals surface area contributed by atoms with E-state index in [4.69, 9.17) is 0 Å². The number of anilines is 1. The number of urea groups is 1. The molecule has 0 spiro atoms. The predicted octanol–water partition coefficient (Wildman–Crippen LogP) is 4.37. The van der Waals surface area contributed by atoms with Crippen LogP contribution in [0.5, 0.6) is 0 Å². The summed E-state index contributed by atoms with van der Waals surface area (Å²) in [7, 11) is 0. The zero-order valence-corrected chi connectivity index (χ0v) is 15.7. The maximum Gasteiger partial charge on any atom is 0.416 e. The Balaban J connectivity index is 1.48. The van der Waals surface area contributed by atoms with Crippen LogP contribution in [-0.2, 0) is 6.18 Å². The second-order valence-electron chi connectivity index (χ2n) is 7.40. The van der Waals surface area contributed by atoms with E-state index in [-0.39, 0.29) is 28.8 Å². The second kappa shape index (κ2) is 7.47.